The van der Waals surface area contributed by atoms with Crippen LogP contribution in [0.4, 0.5) is 0 Å². The van der Waals surface area contributed by atoms with E-state index in [1.807, 2.05) is 20.8 Å². The van der Waals surface area contributed by atoms with Crippen molar-refractivity contribution < 1.29 is 14.3 Å². The maximum atomic E-state index is 11.5. The van der Waals surface area contributed by atoms with E-state index in [4.69, 9.17) is 9.47 Å². The van der Waals surface area contributed by atoms with Crippen LogP contribution < -0.4 is 0 Å². The Morgan fingerprint density at radius 3 is 2.67 bits per heavy atom. The van der Waals surface area contributed by atoms with Crippen molar-refractivity contribution in [2.75, 3.05) is 13.2 Å². The maximum Gasteiger partial charge on any atom is 0.308 e. The van der Waals surface area contributed by atoms with Crippen molar-refractivity contribution in [1.82, 2.24) is 0 Å². The fraction of sp³-hybridized carbons (Fsp3) is 0.917. The van der Waals surface area contributed by atoms with E-state index >= 15 is 0 Å². The minimum atomic E-state index is -0.0559. The molecule has 1 rings (SSSR count). The summed E-state index contributed by atoms with van der Waals surface area (Å²) < 4.78 is 10.6. The number of carbonyl (C=O) groups excluding carboxylic acids is 1. The summed E-state index contributed by atoms with van der Waals surface area (Å²) in [4.78, 5) is 11.5. The Hall–Kier alpha value is -0.570. The third-order valence-corrected chi connectivity index (χ3v) is 3.19. The molecule has 0 amide bonds. The second kappa shape index (κ2) is 6.11. The molecule has 3 heteroatoms. The molecule has 3 unspecified atom stereocenters. The fourth-order valence-electron chi connectivity index (χ4n) is 2.28. The summed E-state index contributed by atoms with van der Waals surface area (Å²) in [6.07, 6.45) is 3.54. The van der Waals surface area contributed by atoms with Crippen molar-refractivity contribution in [3.63, 3.8) is 0 Å². The zero-order valence-electron chi connectivity index (χ0n) is 9.99. The highest BCUT2D eigenvalue weighted by molar-refractivity contribution is 5.72. The normalized spacial score (nSPS) is 27.7. The molecule has 0 bridgehead atoms. The first kappa shape index (κ1) is 12.5. The van der Waals surface area contributed by atoms with Gasteiger partial charge >= 0.3 is 5.97 Å². The zero-order chi connectivity index (χ0) is 11.3. The number of hydrogen-bond acceptors (Lipinski definition) is 3. The summed E-state index contributed by atoms with van der Waals surface area (Å²) in [6, 6.07) is 0. The number of hydrogen-bond donors (Lipinski definition) is 0. The van der Waals surface area contributed by atoms with Gasteiger partial charge in [0.15, 0.2) is 0 Å². The Kier molecular flexibility index (Phi) is 5.09. The molecule has 0 aromatic heterocycles. The van der Waals surface area contributed by atoms with Crippen molar-refractivity contribution in [2.24, 2.45) is 11.8 Å². The van der Waals surface area contributed by atoms with Crippen LogP contribution in [0.1, 0.15) is 40.0 Å². The van der Waals surface area contributed by atoms with Gasteiger partial charge in [0.2, 0.25) is 0 Å². The third kappa shape index (κ3) is 3.49. The summed E-state index contributed by atoms with van der Waals surface area (Å²) in [6.45, 7) is 7.08. The highest BCUT2D eigenvalue weighted by atomic mass is 16.5. The van der Waals surface area contributed by atoms with Gasteiger partial charge in [-0.05, 0) is 39.0 Å². The molecule has 0 N–H and O–H groups in total. The van der Waals surface area contributed by atoms with Gasteiger partial charge in [-0.25, -0.2) is 0 Å². The first-order chi connectivity index (χ1) is 7.19. The Morgan fingerprint density at radius 1 is 1.33 bits per heavy atom. The van der Waals surface area contributed by atoms with E-state index in [9.17, 15) is 4.79 Å². The fourth-order valence-corrected chi connectivity index (χ4v) is 2.28. The van der Waals surface area contributed by atoms with E-state index in [0.29, 0.717) is 18.6 Å². The highest BCUT2D eigenvalue weighted by Gasteiger charge is 2.32. The van der Waals surface area contributed by atoms with E-state index in [0.717, 1.165) is 25.9 Å². The third-order valence-electron chi connectivity index (χ3n) is 3.19. The molecule has 3 atom stereocenters. The van der Waals surface area contributed by atoms with Gasteiger partial charge in [0.05, 0.1) is 18.6 Å². The van der Waals surface area contributed by atoms with Crippen LogP contribution in [0.15, 0.2) is 0 Å². The van der Waals surface area contributed by atoms with Crippen molar-refractivity contribution in [1.29, 1.82) is 0 Å². The average molecular weight is 214 g/mol. The van der Waals surface area contributed by atoms with E-state index < -0.39 is 0 Å². The molecule has 0 aliphatic heterocycles. The van der Waals surface area contributed by atoms with Crippen molar-refractivity contribution in [3.05, 3.63) is 0 Å². The summed E-state index contributed by atoms with van der Waals surface area (Å²) in [5, 5.41) is 0. The first-order valence-corrected chi connectivity index (χ1v) is 5.97. The Morgan fingerprint density at radius 2 is 2.07 bits per heavy atom. The van der Waals surface area contributed by atoms with E-state index in [1.54, 1.807) is 0 Å². The monoisotopic (exact) mass is 214 g/mol. The molecule has 0 heterocycles. The molecule has 3 nitrogen and oxygen atoms in total. The molecule has 0 radical (unpaired) electrons. The lowest BCUT2D eigenvalue weighted by molar-refractivity contribution is -0.149. The number of esters is 1. The molecular weight excluding hydrogens is 192 g/mol. The predicted octanol–water partition coefficient (Wildman–Crippen LogP) is 2.39. The molecule has 0 spiro atoms. The lowest BCUT2D eigenvalue weighted by Crippen LogP contribution is -2.22. The van der Waals surface area contributed by atoms with Crippen molar-refractivity contribution in [3.8, 4) is 0 Å². The molecule has 0 aromatic rings. The van der Waals surface area contributed by atoms with Crippen molar-refractivity contribution >= 4 is 5.97 Å². The van der Waals surface area contributed by atoms with Crippen molar-refractivity contribution in [2.45, 2.75) is 46.1 Å². The van der Waals surface area contributed by atoms with Gasteiger partial charge in [-0.2, -0.15) is 0 Å². The Bertz CT molecular complexity index is 203. The van der Waals surface area contributed by atoms with E-state index in [-0.39, 0.29) is 11.9 Å². The molecule has 1 fully saturated rings. The minimum absolute atomic E-state index is 0.0235. The van der Waals surface area contributed by atoms with Gasteiger partial charge in [-0.3, -0.25) is 4.79 Å². The Balaban J connectivity index is 2.35. The predicted molar refractivity (Wildman–Crippen MR) is 58.6 cm³/mol. The smallest absolute Gasteiger partial charge is 0.308 e. The molecule has 0 saturated heterocycles. The summed E-state index contributed by atoms with van der Waals surface area (Å²) in [7, 11) is 0. The zero-order valence-corrected chi connectivity index (χ0v) is 9.99. The van der Waals surface area contributed by atoms with Gasteiger partial charge in [-0.15, -0.1) is 0 Å². The lowest BCUT2D eigenvalue weighted by atomic mass is 9.93. The Labute approximate surface area is 92.1 Å². The average Bonchev–Trinajstić information content (AvgIpc) is 2.66. The van der Waals surface area contributed by atoms with Gasteiger partial charge in [0.1, 0.15) is 0 Å². The topological polar surface area (TPSA) is 35.5 Å². The quantitative estimate of drug-likeness (QED) is 0.659. The minimum Gasteiger partial charge on any atom is -0.466 e. The standard InChI is InChI=1S/C12H22O3/c1-4-14-11-7-6-10(8-11)9(3)12(13)15-5-2/h9-11H,4-8H2,1-3H3. The van der Waals surface area contributed by atoms with Crippen LogP contribution in [0, 0.1) is 11.8 Å². The van der Waals surface area contributed by atoms with Crippen LogP contribution in [0.5, 0.6) is 0 Å². The number of carbonyl (C=O) groups is 1. The highest BCUT2D eigenvalue weighted by Crippen LogP contribution is 2.33. The van der Waals surface area contributed by atoms with Gasteiger partial charge in [0, 0.05) is 6.61 Å². The SMILES string of the molecule is CCOC(=O)C(C)C1CCC(OCC)C1. The maximum absolute atomic E-state index is 11.5. The van der Waals surface area contributed by atoms with E-state index in [1.165, 1.54) is 0 Å². The largest absolute Gasteiger partial charge is 0.466 e. The van der Waals surface area contributed by atoms with Gasteiger partial charge in [-0.1, -0.05) is 6.92 Å². The summed E-state index contributed by atoms with van der Waals surface area (Å²) in [5.74, 6) is 0.413. The second-order valence-electron chi connectivity index (χ2n) is 4.19. The second-order valence-corrected chi connectivity index (χ2v) is 4.19. The molecule has 15 heavy (non-hydrogen) atoms. The molecule has 88 valence electrons. The lowest BCUT2D eigenvalue weighted by Gasteiger charge is -2.17. The molecule has 1 aliphatic rings. The van der Waals surface area contributed by atoms with Gasteiger partial charge in [0.25, 0.3) is 0 Å². The first-order valence-electron chi connectivity index (χ1n) is 5.97. The summed E-state index contributed by atoms with van der Waals surface area (Å²) >= 11 is 0. The molecule has 1 aliphatic carbocycles. The number of ether oxygens (including phenoxy) is 2. The summed E-state index contributed by atoms with van der Waals surface area (Å²) in [5.41, 5.74) is 0. The van der Waals surface area contributed by atoms with Crippen LogP contribution in [-0.2, 0) is 14.3 Å². The van der Waals surface area contributed by atoms with Crippen LogP contribution in [0.2, 0.25) is 0 Å². The van der Waals surface area contributed by atoms with Crippen LogP contribution in [0.3, 0.4) is 0 Å². The van der Waals surface area contributed by atoms with Crippen LogP contribution in [-0.4, -0.2) is 25.3 Å². The molecule has 1 saturated carbocycles. The van der Waals surface area contributed by atoms with Gasteiger partial charge < -0.3 is 9.47 Å². The van der Waals surface area contributed by atoms with E-state index in [2.05, 4.69) is 0 Å². The molecule has 0 aromatic carbocycles. The number of rotatable bonds is 5. The van der Waals surface area contributed by atoms with Crippen LogP contribution in [0.25, 0.3) is 0 Å². The van der Waals surface area contributed by atoms with Crippen LogP contribution >= 0.6 is 0 Å². The molecular formula is C12H22O3.